The van der Waals surface area contributed by atoms with Gasteiger partial charge in [0.1, 0.15) is 5.65 Å². The number of anilines is 1. The van der Waals surface area contributed by atoms with Crippen LogP contribution in [-0.2, 0) is 6.42 Å². The van der Waals surface area contributed by atoms with Gasteiger partial charge >= 0.3 is 6.03 Å². The molecule has 1 saturated heterocycles. The van der Waals surface area contributed by atoms with Crippen LogP contribution < -0.4 is 5.32 Å². The van der Waals surface area contributed by atoms with E-state index in [1.165, 1.54) is 0 Å². The van der Waals surface area contributed by atoms with Crippen LogP contribution in [0.3, 0.4) is 0 Å². The highest BCUT2D eigenvalue weighted by Gasteiger charge is 2.24. The van der Waals surface area contributed by atoms with Crippen LogP contribution in [0.5, 0.6) is 0 Å². The van der Waals surface area contributed by atoms with Gasteiger partial charge in [-0.05, 0) is 24.8 Å². The van der Waals surface area contributed by atoms with Gasteiger partial charge in [-0.2, -0.15) is 0 Å². The summed E-state index contributed by atoms with van der Waals surface area (Å²) in [7, 11) is 0. The molecule has 24 heavy (non-hydrogen) atoms. The molecule has 1 atom stereocenters. The minimum atomic E-state index is -0.0326. The number of carbonyl (C=O) groups excluding carboxylic acids is 1. The van der Waals surface area contributed by atoms with Gasteiger partial charge in [-0.1, -0.05) is 0 Å². The lowest BCUT2D eigenvalue weighted by Crippen LogP contribution is -2.42. The fourth-order valence-corrected chi connectivity index (χ4v) is 3.94. The van der Waals surface area contributed by atoms with Crippen molar-refractivity contribution in [1.29, 1.82) is 0 Å². The van der Waals surface area contributed by atoms with Crippen LogP contribution in [0, 0.1) is 5.92 Å². The molecular weight excluding hydrogens is 322 g/mol. The van der Waals surface area contributed by atoms with E-state index in [9.17, 15) is 4.79 Å². The third kappa shape index (κ3) is 3.26. The monoisotopic (exact) mass is 341 g/mol. The molecule has 1 aliphatic rings. The summed E-state index contributed by atoms with van der Waals surface area (Å²) in [6, 6.07) is 3.74. The highest BCUT2D eigenvalue weighted by molar-refractivity contribution is 7.09. The number of carbonyl (C=O) groups is 1. The Kier molecular flexibility index (Phi) is 4.17. The molecule has 0 bridgehead atoms. The highest BCUT2D eigenvalue weighted by atomic mass is 32.1. The summed E-state index contributed by atoms with van der Waals surface area (Å²) in [5.41, 5.74) is 1.61. The van der Waals surface area contributed by atoms with Crippen molar-refractivity contribution in [3.05, 3.63) is 47.3 Å². The minimum absolute atomic E-state index is 0.0326. The zero-order valence-corrected chi connectivity index (χ0v) is 14.1. The molecule has 0 aliphatic carbocycles. The summed E-state index contributed by atoms with van der Waals surface area (Å²) in [6.07, 6.45) is 10.5. The Bertz CT molecular complexity index is 829. The predicted octanol–water partition coefficient (Wildman–Crippen LogP) is 3.28. The van der Waals surface area contributed by atoms with Gasteiger partial charge in [0.2, 0.25) is 0 Å². The lowest BCUT2D eigenvalue weighted by molar-refractivity contribution is 0.177. The van der Waals surface area contributed by atoms with Gasteiger partial charge in [-0.3, -0.25) is 0 Å². The minimum Gasteiger partial charge on any atom is -0.324 e. The molecule has 1 unspecified atom stereocenters. The number of aromatic nitrogens is 3. The number of rotatable bonds is 3. The van der Waals surface area contributed by atoms with Crippen molar-refractivity contribution < 1.29 is 4.79 Å². The third-order valence-corrected chi connectivity index (χ3v) is 5.20. The second kappa shape index (κ2) is 6.60. The van der Waals surface area contributed by atoms with Crippen LogP contribution in [0.25, 0.3) is 5.65 Å². The number of hydrogen-bond acceptors (Lipinski definition) is 4. The third-order valence-electron chi connectivity index (χ3n) is 4.40. The first kappa shape index (κ1) is 15.1. The molecule has 7 heteroatoms. The first-order chi connectivity index (χ1) is 11.8. The van der Waals surface area contributed by atoms with Gasteiger partial charge in [-0.15, -0.1) is 11.3 Å². The topological polar surface area (TPSA) is 62.5 Å². The molecular formula is C17H19N5OS. The van der Waals surface area contributed by atoms with Crippen LogP contribution in [0.2, 0.25) is 0 Å². The number of nitrogens with one attached hydrogen (secondary N) is 1. The molecule has 0 spiro atoms. The van der Waals surface area contributed by atoms with Crippen molar-refractivity contribution in [3.63, 3.8) is 0 Å². The number of hydrogen-bond donors (Lipinski definition) is 1. The molecule has 0 saturated carbocycles. The van der Waals surface area contributed by atoms with Crippen LogP contribution in [0.15, 0.2) is 42.3 Å². The van der Waals surface area contributed by atoms with E-state index in [0.717, 1.165) is 48.7 Å². The van der Waals surface area contributed by atoms with E-state index in [1.807, 2.05) is 45.4 Å². The number of pyridine rings is 1. The molecule has 124 valence electrons. The number of amides is 2. The maximum Gasteiger partial charge on any atom is 0.321 e. The molecule has 1 fully saturated rings. The van der Waals surface area contributed by atoms with Crippen molar-refractivity contribution in [3.8, 4) is 0 Å². The SMILES string of the molecule is O=C(Nc1ccn2ccnc2c1)N1CCCC(Cc2nccs2)C1. The van der Waals surface area contributed by atoms with E-state index in [4.69, 9.17) is 0 Å². The molecule has 0 aromatic carbocycles. The zero-order valence-electron chi connectivity index (χ0n) is 13.3. The summed E-state index contributed by atoms with van der Waals surface area (Å²) in [5.74, 6) is 0.491. The van der Waals surface area contributed by atoms with Crippen molar-refractivity contribution in [2.45, 2.75) is 19.3 Å². The fraction of sp³-hybridized carbons (Fsp3) is 0.353. The molecule has 3 aromatic heterocycles. The maximum absolute atomic E-state index is 12.6. The normalized spacial score (nSPS) is 18.0. The molecule has 2 amide bonds. The van der Waals surface area contributed by atoms with Crippen LogP contribution in [-0.4, -0.2) is 38.4 Å². The Labute approximate surface area is 144 Å². The number of piperidine rings is 1. The van der Waals surface area contributed by atoms with Gasteiger partial charge in [-0.25, -0.2) is 14.8 Å². The van der Waals surface area contributed by atoms with Crippen molar-refractivity contribution in [1.82, 2.24) is 19.3 Å². The number of thiazole rings is 1. The summed E-state index contributed by atoms with van der Waals surface area (Å²) < 4.78 is 1.92. The largest absolute Gasteiger partial charge is 0.324 e. The summed E-state index contributed by atoms with van der Waals surface area (Å²) in [5, 5.41) is 6.16. The van der Waals surface area contributed by atoms with Gasteiger partial charge in [0.15, 0.2) is 0 Å². The van der Waals surface area contributed by atoms with E-state index in [2.05, 4.69) is 15.3 Å². The average Bonchev–Trinajstić information content (AvgIpc) is 3.26. The standard InChI is InChI=1S/C17H19N5OS/c23-17(20-14-3-7-21-8-4-18-15(21)11-14)22-6-1-2-13(12-22)10-16-19-5-9-24-16/h3-5,7-9,11,13H,1-2,6,10,12H2,(H,20,23). The van der Waals surface area contributed by atoms with Crippen LogP contribution >= 0.6 is 11.3 Å². The van der Waals surface area contributed by atoms with E-state index < -0.39 is 0 Å². The molecule has 1 aliphatic heterocycles. The first-order valence-electron chi connectivity index (χ1n) is 8.15. The molecule has 6 nitrogen and oxygen atoms in total. The van der Waals surface area contributed by atoms with Crippen LogP contribution in [0.4, 0.5) is 10.5 Å². The maximum atomic E-state index is 12.6. The molecule has 1 N–H and O–H groups in total. The predicted molar refractivity (Wildman–Crippen MR) is 94.3 cm³/mol. The average molecular weight is 341 g/mol. The Morgan fingerprint density at radius 3 is 3.17 bits per heavy atom. The van der Waals surface area contributed by atoms with Crippen molar-refractivity contribution in [2.24, 2.45) is 5.92 Å². The van der Waals surface area contributed by atoms with E-state index in [-0.39, 0.29) is 6.03 Å². The second-order valence-corrected chi connectivity index (χ2v) is 7.10. The molecule has 0 radical (unpaired) electrons. The number of fused-ring (bicyclic) bond motifs is 1. The molecule has 4 rings (SSSR count). The number of urea groups is 1. The van der Waals surface area contributed by atoms with Crippen LogP contribution in [0.1, 0.15) is 17.8 Å². The summed E-state index contributed by atoms with van der Waals surface area (Å²) >= 11 is 1.69. The first-order valence-corrected chi connectivity index (χ1v) is 9.03. The van der Waals surface area contributed by atoms with Gasteiger partial charge < -0.3 is 14.6 Å². The van der Waals surface area contributed by atoms with E-state index >= 15 is 0 Å². The Hall–Kier alpha value is -2.41. The van der Waals surface area contributed by atoms with Gasteiger partial charge in [0.05, 0.1) is 5.01 Å². The summed E-state index contributed by atoms with van der Waals surface area (Å²) in [6.45, 7) is 1.60. The Balaban J connectivity index is 1.39. The Morgan fingerprint density at radius 2 is 2.29 bits per heavy atom. The quantitative estimate of drug-likeness (QED) is 0.795. The van der Waals surface area contributed by atoms with Gasteiger partial charge in [0, 0.05) is 61.4 Å². The zero-order chi connectivity index (χ0) is 16.4. The molecule has 3 aromatic rings. The highest BCUT2D eigenvalue weighted by Crippen LogP contribution is 2.22. The number of likely N-dealkylation sites (tertiary alicyclic amines) is 1. The smallest absolute Gasteiger partial charge is 0.321 e. The van der Waals surface area contributed by atoms with Crippen molar-refractivity contribution in [2.75, 3.05) is 18.4 Å². The number of nitrogens with zero attached hydrogens (tertiary/aromatic N) is 4. The Morgan fingerprint density at radius 1 is 1.33 bits per heavy atom. The lowest BCUT2D eigenvalue weighted by Gasteiger charge is -2.32. The molecule has 4 heterocycles. The second-order valence-electron chi connectivity index (χ2n) is 6.12. The van der Waals surface area contributed by atoms with E-state index in [1.54, 1.807) is 17.5 Å². The van der Waals surface area contributed by atoms with Crippen molar-refractivity contribution >= 4 is 28.7 Å². The summed E-state index contributed by atoms with van der Waals surface area (Å²) in [4.78, 5) is 23.1. The number of imidazole rings is 1. The van der Waals surface area contributed by atoms with E-state index in [0.29, 0.717) is 5.92 Å². The van der Waals surface area contributed by atoms with Gasteiger partial charge in [0.25, 0.3) is 0 Å². The lowest BCUT2D eigenvalue weighted by atomic mass is 9.95. The fourth-order valence-electron chi connectivity index (χ4n) is 3.21.